The van der Waals surface area contributed by atoms with Gasteiger partial charge in [0.1, 0.15) is 11.5 Å². The first-order valence-electron chi connectivity index (χ1n) is 6.87. The quantitative estimate of drug-likeness (QED) is 0.770. The number of aromatic amines is 1. The molecule has 3 rings (SSSR count). The molecule has 0 aliphatic heterocycles. The van der Waals surface area contributed by atoms with Gasteiger partial charge in [-0.1, -0.05) is 12.1 Å². The highest BCUT2D eigenvalue weighted by Crippen LogP contribution is 2.13. The monoisotopic (exact) mass is 280 g/mol. The van der Waals surface area contributed by atoms with Gasteiger partial charge in [0.2, 0.25) is 0 Å². The van der Waals surface area contributed by atoms with Crippen LogP contribution in [0, 0.1) is 6.92 Å². The molecular weight excluding hydrogens is 264 g/mol. The van der Waals surface area contributed by atoms with Gasteiger partial charge in [-0.15, -0.1) is 0 Å². The third-order valence-corrected chi connectivity index (χ3v) is 3.26. The Morgan fingerprint density at radius 2 is 2.19 bits per heavy atom. The Hall–Kier alpha value is -2.69. The summed E-state index contributed by atoms with van der Waals surface area (Å²) in [7, 11) is 0. The molecule has 5 nitrogen and oxygen atoms in total. The van der Waals surface area contributed by atoms with E-state index < -0.39 is 0 Å². The molecule has 0 aliphatic carbocycles. The zero-order chi connectivity index (χ0) is 14.7. The number of carbonyl (C=O) groups excluding carboxylic acids is 1. The predicted molar refractivity (Wildman–Crippen MR) is 81.1 cm³/mol. The molecule has 21 heavy (non-hydrogen) atoms. The highest BCUT2D eigenvalue weighted by molar-refractivity contribution is 5.92. The van der Waals surface area contributed by atoms with Crippen LogP contribution in [0.15, 0.2) is 42.6 Å². The topological polar surface area (TPSA) is 70.7 Å². The molecule has 106 valence electrons. The first-order chi connectivity index (χ1) is 10.2. The number of aryl methyl sites for hydroxylation is 1. The van der Waals surface area contributed by atoms with Gasteiger partial charge in [0, 0.05) is 12.7 Å². The minimum Gasteiger partial charge on any atom is -0.350 e. The summed E-state index contributed by atoms with van der Waals surface area (Å²) in [6.45, 7) is 2.51. The summed E-state index contributed by atoms with van der Waals surface area (Å²) in [5, 5.41) is 2.87. The van der Waals surface area contributed by atoms with E-state index in [1.54, 1.807) is 24.4 Å². The molecule has 0 radical (unpaired) electrons. The van der Waals surface area contributed by atoms with E-state index in [4.69, 9.17) is 0 Å². The number of rotatable bonds is 4. The summed E-state index contributed by atoms with van der Waals surface area (Å²) in [4.78, 5) is 23.5. The minimum atomic E-state index is -0.144. The molecule has 0 bridgehead atoms. The van der Waals surface area contributed by atoms with Gasteiger partial charge in [-0.2, -0.15) is 0 Å². The fourth-order valence-corrected chi connectivity index (χ4v) is 2.25. The number of H-pyrrole nitrogens is 1. The van der Waals surface area contributed by atoms with E-state index in [9.17, 15) is 4.79 Å². The van der Waals surface area contributed by atoms with Crippen molar-refractivity contribution in [1.29, 1.82) is 0 Å². The van der Waals surface area contributed by atoms with Gasteiger partial charge >= 0.3 is 0 Å². The molecule has 0 spiro atoms. The largest absolute Gasteiger partial charge is 0.350 e. The van der Waals surface area contributed by atoms with E-state index in [1.165, 1.54) is 0 Å². The van der Waals surface area contributed by atoms with Crippen molar-refractivity contribution >= 4 is 16.9 Å². The molecule has 0 atom stereocenters. The van der Waals surface area contributed by atoms with Crippen LogP contribution in [0.4, 0.5) is 0 Å². The van der Waals surface area contributed by atoms with Crippen molar-refractivity contribution in [2.24, 2.45) is 0 Å². The van der Waals surface area contributed by atoms with Gasteiger partial charge < -0.3 is 10.3 Å². The zero-order valence-electron chi connectivity index (χ0n) is 11.8. The maximum atomic E-state index is 11.9. The van der Waals surface area contributed by atoms with Gasteiger partial charge in [0.15, 0.2) is 0 Å². The maximum Gasteiger partial charge on any atom is 0.269 e. The lowest BCUT2D eigenvalue weighted by atomic mass is 10.1. The fraction of sp³-hybridized carbons (Fsp3) is 0.188. The van der Waals surface area contributed by atoms with E-state index in [1.807, 2.05) is 19.1 Å². The Bertz CT molecular complexity index is 764. The minimum absolute atomic E-state index is 0.144. The summed E-state index contributed by atoms with van der Waals surface area (Å²) in [6.07, 6.45) is 2.38. The number of hydrogen-bond donors (Lipinski definition) is 2. The van der Waals surface area contributed by atoms with E-state index >= 15 is 0 Å². The third-order valence-electron chi connectivity index (χ3n) is 3.26. The standard InChI is InChI=1S/C16H16N4O/c1-11-19-13-6-5-12(10-15(13)20-11)7-9-18-16(21)14-4-2-3-8-17-14/h2-6,8,10H,7,9H2,1H3,(H,18,21)(H,19,20). The van der Waals surface area contributed by atoms with Gasteiger partial charge in [-0.25, -0.2) is 4.98 Å². The summed E-state index contributed by atoms with van der Waals surface area (Å²) in [5.74, 6) is 0.764. The van der Waals surface area contributed by atoms with Crippen LogP contribution in [0.5, 0.6) is 0 Å². The molecule has 1 aromatic carbocycles. The highest BCUT2D eigenvalue weighted by Gasteiger charge is 2.05. The van der Waals surface area contributed by atoms with Crippen molar-refractivity contribution in [2.75, 3.05) is 6.54 Å². The summed E-state index contributed by atoms with van der Waals surface area (Å²) < 4.78 is 0. The van der Waals surface area contributed by atoms with Crippen molar-refractivity contribution < 1.29 is 4.79 Å². The molecule has 2 heterocycles. The number of pyridine rings is 1. The third kappa shape index (κ3) is 3.08. The smallest absolute Gasteiger partial charge is 0.269 e. The summed E-state index contributed by atoms with van der Waals surface area (Å²) in [5.41, 5.74) is 3.60. The Balaban J connectivity index is 1.60. The normalized spacial score (nSPS) is 10.7. The first kappa shape index (κ1) is 13.3. The Morgan fingerprint density at radius 3 is 3.00 bits per heavy atom. The molecule has 2 aromatic heterocycles. The van der Waals surface area contributed by atoms with Crippen LogP contribution in [-0.2, 0) is 6.42 Å². The van der Waals surface area contributed by atoms with Gasteiger partial charge in [0.05, 0.1) is 11.0 Å². The van der Waals surface area contributed by atoms with Crippen LogP contribution < -0.4 is 5.32 Å². The molecule has 0 unspecified atom stereocenters. The molecule has 0 saturated heterocycles. The van der Waals surface area contributed by atoms with Gasteiger partial charge in [-0.05, 0) is 43.2 Å². The molecule has 2 N–H and O–H groups in total. The molecule has 0 aliphatic rings. The van der Waals surface area contributed by atoms with Crippen LogP contribution in [0.25, 0.3) is 11.0 Å². The second-order valence-electron chi connectivity index (χ2n) is 4.89. The molecule has 3 aromatic rings. The molecule has 1 amide bonds. The molecule has 0 saturated carbocycles. The van der Waals surface area contributed by atoms with Crippen LogP contribution in [0.2, 0.25) is 0 Å². The predicted octanol–water partition coefficient (Wildman–Crippen LogP) is 2.24. The lowest BCUT2D eigenvalue weighted by Crippen LogP contribution is -2.26. The number of aromatic nitrogens is 3. The van der Waals surface area contributed by atoms with E-state index in [0.717, 1.165) is 28.8 Å². The van der Waals surface area contributed by atoms with Crippen LogP contribution in [0.1, 0.15) is 21.9 Å². The number of amides is 1. The van der Waals surface area contributed by atoms with Crippen molar-refractivity contribution in [3.05, 3.63) is 59.7 Å². The lowest BCUT2D eigenvalue weighted by molar-refractivity contribution is 0.0949. The number of imidazole rings is 1. The van der Waals surface area contributed by atoms with E-state index in [2.05, 4.69) is 26.3 Å². The van der Waals surface area contributed by atoms with Crippen molar-refractivity contribution in [3.63, 3.8) is 0 Å². The maximum absolute atomic E-state index is 11.9. The van der Waals surface area contributed by atoms with Crippen molar-refractivity contribution in [2.45, 2.75) is 13.3 Å². The van der Waals surface area contributed by atoms with Gasteiger partial charge in [-0.3, -0.25) is 9.78 Å². The van der Waals surface area contributed by atoms with Crippen LogP contribution in [-0.4, -0.2) is 27.4 Å². The molecule has 5 heteroatoms. The number of nitrogens with zero attached hydrogens (tertiary/aromatic N) is 2. The van der Waals surface area contributed by atoms with Gasteiger partial charge in [0.25, 0.3) is 5.91 Å². The first-order valence-corrected chi connectivity index (χ1v) is 6.87. The average molecular weight is 280 g/mol. The van der Waals surface area contributed by atoms with E-state index in [0.29, 0.717) is 12.2 Å². The highest BCUT2D eigenvalue weighted by atomic mass is 16.1. The lowest BCUT2D eigenvalue weighted by Gasteiger charge is -2.05. The van der Waals surface area contributed by atoms with Crippen LogP contribution in [0.3, 0.4) is 0 Å². The number of hydrogen-bond acceptors (Lipinski definition) is 3. The number of fused-ring (bicyclic) bond motifs is 1. The summed E-state index contributed by atoms with van der Waals surface area (Å²) >= 11 is 0. The molecular formula is C16H16N4O. The second kappa shape index (κ2) is 5.75. The number of nitrogens with one attached hydrogen (secondary N) is 2. The summed E-state index contributed by atoms with van der Waals surface area (Å²) in [6, 6.07) is 11.4. The Kier molecular flexibility index (Phi) is 3.64. The SMILES string of the molecule is Cc1nc2ccc(CCNC(=O)c3ccccn3)cc2[nH]1. The van der Waals surface area contributed by atoms with Crippen molar-refractivity contribution in [1.82, 2.24) is 20.3 Å². The van der Waals surface area contributed by atoms with E-state index in [-0.39, 0.29) is 5.91 Å². The van der Waals surface area contributed by atoms with Crippen LogP contribution >= 0.6 is 0 Å². The van der Waals surface area contributed by atoms with Crippen molar-refractivity contribution in [3.8, 4) is 0 Å². The zero-order valence-corrected chi connectivity index (χ0v) is 11.8. The number of carbonyl (C=O) groups is 1. The number of benzene rings is 1. The fourth-order valence-electron chi connectivity index (χ4n) is 2.25. The Labute approximate surface area is 122 Å². The Morgan fingerprint density at radius 1 is 1.29 bits per heavy atom. The molecule has 0 fully saturated rings. The average Bonchev–Trinajstić information content (AvgIpc) is 2.87. The second-order valence-corrected chi connectivity index (χ2v) is 4.89.